The Hall–Kier alpha value is -1.64. The molecule has 3 nitrogen and oxygen atoms in total. The van der Waals surface area contributed by atoms with Crippen LogP contribution in [-0.2, 0) is 4.74 Å². The van der Waals surface area contributed by atoms with Crippen LogP contribution in [0.5, 0.6) is 0 Å². The fourth-order valence-electron chi connectivity index (χ4n) is 2.40. The lowest BCUT2D eigenvalue weighted by Crippen LogP contribution is -2.71. The van der Waals surface area contributed by atoms with E-state index in [0.29, 0.717) is 0 Å². The Kier molecular flexibility index (Phi) is 7.85. The first-order chi connectivity index (χ1) is 14.8. The molecule has 0 aliphatic carbocycles. The molecule has 1 fully saturated rings. The molecule has 1 heterocycles. The maximum atomic E-state index is 14.0. The standard InChI is InChI=1S/C13H8F18N2O/c14-5(6(15)16)7(17,18)34-13(30,31)9(21,22)8(19,20)11(26,27)32-1-3-33(4-2-32)12(28,29)10(23,24)25/h1-4H2. The second kappa shape index (κ2) is 8.79. The number of ether oxygens (including phenoxy) is 1. The van der Waals surface area contributed by atoms with E-state index in [4.69, 9.17) is 0 Å². The fraction of sp³-hybridized carbons (Fsp3) is 0.846. The summed E-state index contributed by atoms with van der Waals surface area (Å²) in [6.07, 6.45) is -24.6. The molecule has 0 aromatic rings. The van der Waals surface area contributed by atoms with Crippen molar-refractivity contribution in [2.24, 2.45) is 0 Å². The molecule has 34 heavy (non-hydrogen) atoms. The lowest BCUT2D eigenvalue weighted by Gasteiger charge is -2.45. The van der Waals surface area contributed by atoms with Crippen molar-refractivity contribution in [3.05, 3.63) is 11.9 Å². The second-order valence-electron chi connectivity index (χ2n) is 6.41. The Bertz CT molecular complexity index is 762. The minimum atomic E-state index is -7.72. The van der Waals surface area contributed by atoms with E-state index >= 15 is 0 Å². The normalized spacial score (nSPS) is 18.9. The van der Waals surface area contributed by atoms with Gasteiger partial charge in [-0.15, -0.1) is 0 Å². The number of alkyl halides is 15. The summed E-state index contributed by atoms with van der Waals surface area (Å²) in [7, 11) is 0. The maximum Gasteiger partial charge on any atom is 0.469 e. The molecular weight excluding hydrogens is 542 g/mol. The predicted molar refractivity (Wildman–Crippen MR) is 70.3 cm³/mol. The van der Waals surface area contributed by atoms with E-state index in [1.54, 1.807) is 4.74 Å². The van der Waals surface area contributed by atoms with Crippen LogP contribution in [0.15, 0.2) is 11.9 Å². The van der Waals surface area contributed by atoms with Crippen molar-refractivity contribution in [1.82, 2.24) is 9.80 Å². The number of hydrogen-bond donors (Lipinski definition) is 0. The Morgan fingerprint density at radius 2 is 0.882 bits per heavy atom. The Labute approximate surface area is 175 Å². The van der Waals surface area contributed by atoms with Gasteiger partial charge in [-0.25, -0.2) is 14.5 Å². The molecule has 1 rings (SSSR count). The fourth-order valence-corrected chi connectivity index (χ4v) is 2.40. The molecule has 0 amide bonds. The summed E-state index contributed by atoms with van der Waals surface area (Å²) in [5.74, 6) is -19.4. The third-order valence-electron chi connectivity index (χ3n) is 4.23. The molecule has 0 unspecified atom stereocenters. The summed E-state index contributed by atoms with van der Waals surface area (Å²) >= 11 is 0. The summed E-state index contributed by atoms with van der Waals surface area (Å²) in [5.41, 5.74) is 0. The molecule has 0 spiro atoms. The summed E-state index contributed by atoms with van der Waals surface area (Å²) < 4.78 is 236. The van der Waals surface area contributed by atoms with Crippen LogP contribution >= 0.6 is 0 Å². The SMILES string of the molecule is FC(F)=C(F)C(F)(F)OC(F)(F)C(F)(F)C(F)(F)C(F)(F)N1CCN(C(F)(F)C(F)(F)F)CC1. The highest BCUT2D eigenvalue weighted by Crippen LogP contribution is 2.55. The van der Waals surface area contributed by atoms with Crippen molar-refractivity contribution in [2.45, 2.75) is 42.3 Å². The van der Waals surface area contributed by atoms with Gasteiger partial charge in [0.05, 0.1) is 0 Å². The molecule has 1 saturated heterocycles. The molecule has 0 saturated carbocycles. The van der Waals surface area contributed by atoms with Gasteiger partial charge in [-0.05, 0) is 0 Å². The predicted octanol–water partition coefficient (Wildman–Crippen LogP) is 5.90. The maximum absolute atomic E-state index is 14.0. The van der Waals surface area contributed by atoms with E-state index in [2.05, 4.69) is 0 Å². The molecule has 0 N–H and O–H groups in total. The van der Waals surface area contributed by atoms with Crippen molar-refractivity contribution in [2.75, 3.05) is 26.2 Å². The monoisotopic (exact) mass is 550 g/mol. The number of halogens is 18. The van der Waals surface area contributed by atoms with Gasteiger partial charge in [0.25, 0.3) is 5.83 Å². The molecule has 21 heteroatoms. The van der Waals surface area contributed by atoms with Crippen molar-refractivity contribution in [3.63, 3.8) is 0 Å². The lowest BCUT2D eigenvalue weighted by molar-refractivity contribution is -0.478. The van der Waals surface area contributed by atoms with E-state index in [-0.39, 0.29) is 0 Å². The van der Waals surface area contributed by atoms with Crippen LogP contribution < -0.4 is 0 Å². The van der Waals surface area contributed by atoms with Gasteiger partial charge in [0.15, 0.2) is 0 Å². The zero-order valence-electron chi connectivity index (χ0n) is 15.4. The van der Waals surface area contributed by atoms with Gasteiger partial charge in [0, 0.05) is 26.2 Å². The average molecular weight is 550 g/mol. The summed E-state index contributed by atoms with van der Waals surface area (Å²) in [6, 6.07) is -12.3. The van der Waals surface area contributed by atoms with Gasteiger partial charge in [0.2, 0.25) is 0 Å². The smallest absolute Gasteiger partial charge is 0.244 e. The first-order valence-corrected chi connectivity index (χ1v) is 8.02. The molecule has 0 aromatic heterocycles. The first-order valence-electron chi connectivity index (χ1n) is 8.02. The molecule has 0 bridgehead atoms. The zero-order chi connectivity index (χ0) is 27.3. The van der Waals surface area contributed by atoms with E-state index in [9.17, 15) is 79.0 Å². The molecule has 1 aliphatic rings. The van der Waals surface area contributed by atoms with Gasteiger partial charge < -0.3 is 0 Å². The largest absolute Gasteiger partial charge is 0.469 e. The number of rotatable bonds is 8. The van der Waals surface area contributed by atoms with Crippen LogP contribution in [0.2, 0.25) is 0 Å². The molecule has 1 aliphatic heterocycles. The van der Waals surface area contributed by atoms with Crippen LogP contribution in [-0.4, -0.2) is 78.3 Å². The molecule has 0 atom stereocenters. The van der Waals surface area contributed by atoms with E-state index in [1.807, 2.05) is 0 Å². The van der Waals surface area contributed by atoms with E-state index in [1.165, 1.54) is 0 Å². The van der Waals surface area contributed by atoms with Crippen LogP contribution in [0.25, 0.3) is 0 Å². The minimum absolute atomic E-state index is 0.880. The summed E-state index contributed by atoms with van der Waals surface area (Å²) in [6.45, 7) is -7.67. The van der Waals surface area contributed by atoms with Gasteiger partial charge in [-0.2, -0.15) is 79.0 Å². The number of nitrogens with zero attached hydrogens (tertiary/aromatic N) is 2. The van der Waals surface area contributed by atoms with Crippen LogP contribution in [0.4, 0.5) is 79.0 Å². The summed E-state index contributed by atoms with van der Waals surface area (Å²) in [5, 5.41) is 0. The first kappa shape index (κ1) is 30.4. The van der Waals surface area contributed by atoms with Crippen molar-refractivity contribution in [1.29, 1.82) is 0 Å². The third-order valence-corrected chi connectivity index (χ3v) is 4.23. The minimum Gasteiger partial charge on any atom is -0.244 e. The van der Waals surface area contributed by atoms with Crippen LogP contribution in [0.1, 0.15) is 0 Å². The Morgan fingerprint density at radius 1 is 0.529 bits per heavy atom. The molecule has 0 aromatic carbocycles. The third kappa shape index (κ3) is 5.00. The number of hydrogen-bond acceptors (Lipinski definition) is 3. The highest BCUT2D eigenvalue weighted by molar-refractivity contribution is 5.05. The Morgan fingerprint density at radius 3 is 1.21 bits per heavy atom. The van der Waals surface area contributed by atoms with Gasteiger partial charge in [-0.1, -0.05) is 0 Å². The highest BCUT2D eigenvalue weighted by atomic mass is 19.4. The highest BCUT2D eigenvalue weighted by Gasteiger charge is 2.84. The second-order valence-corrected chi connectivity index (χ2v) is 6.41. The topological polar surface area (TPSA) is 15.7 Å². The quantitative estimate of drug-likeness (QED) is 0.277. The Balaban J connectivity index is 3.20. The summed E-state index contributed by atoms with van der Waals surface area (Å²) in [4.78, 5) is -2.12. The van der Waals surface area contributed by atoms with E-state index in [0.717, 1.165) is 0 Å². The van der Waals surface area contributed by atoms with Gasteiger partial charge in [0.1, 0.15) is 0 Å². The van der Waals surface area contributed by atoms with E-state index < -0.39 is 90.2 Å². The van der Waals surface area contributed by atoms with Crippen molar-refractivity contribution >= 4 is 0 Å². The van der Waals surface area contributed by atoms with Gasteiger partial charge >= 0.3 is 48.4 Å². The van der Waals surface area contributed by atoms with Crippen molar-refractivity contribution < 1.29 is 83.8 Å². The number of piperazine rings is 1. The molecule has 0 radical (unpaired) electrons. The van der Waals surface area contributed by atoms with Crippen molar-refractivity contribution in [3.8, 4) is 0 Å². The van der Waals surface area contributed by atoms with Crippen LogP contribution in [0, 0.1) is 0 Å². The lowest BCUT2D eigenvalue weighted by atomic mass is 10.1. The van der Waals surface area contributed by atoms with Gasteiger partial charge in [-0.3, -0.25) is 0 Å². The average Bonchev–Trinajstić information content (AvgIpc) is 2.65. The molecular formula is C13H8F18N2O. The zero-order valence-corrected chi connectivity index (χ0v) is 15.4. The molecule has 202 valence electrons. The van der Waals surface area contributed by atoms with Crippen LogP contribution in [0.3, 0.4) is 0 Å².